The van der Waals surface area contributed by atoms with Gasteiger partial charge in [0.25, 0.3) is 0 Å². The number of rotatable bonds is 4. The van der Waals surface area contributed by atoms with Gasteiger partial charge in [0.2, 0.25) is 6.79 Å². The Morgan fingerprint density at radius 2 is 2.16 bits per heavy atom. The SMILES string of the molecule is COC[C@@H](C)NC(=O)Nc1cc2c(cc1Cl)OCO2. The summed E-state index contributed by atoms with van der Waals surface area (Å²) in [4.78, 5) is 11.7. The molecule has 0 unspecified atom stereocenters. The van der Waals surface area contributed by atoms with E-state index in [1.165, 1.54) is 0 Å². The van der Waals surface area contributed by atoms with Crippen LogP contribution in [0.15, 0.2) is 12.1 Å². The molecule has 1 aliphatic heterocycles. The van der Waals surface area contributed by atoms with Crippen molar-refractivity contribution in [3.63, 3.8) is 0 Å². The standard InChI is InChI=1S/C12H15ClN2O4/c1-7(5-17-2)14-12(16)15-9-4-11-10(3-8(9)13)18-6-19-11/h3-4,7H,5-6H2,1-2H3,(H2,14,15,16)/t7-/m1/s1. The summed E-state index contributed by atoms with van der Waals surface area (Å²) in [6.07, 6.45) is 0. The Balaban J connectivity index is 2.01. The van der Waals surface area contributed by atoms with Crippen molar-refractivity contribution in [1.82, 2.24) is 5.32 Å². The van der Waals surface area contributed by atoms with E-state index in [1.54, 1.807) is 19.2 Å². The minimum absolute atomic E-state index is 0.0993. The number of methoxy groups -OCH3 is 1. The van der Waals surface area contributed by atoms with Crippen molar-refractivity contribution >= 4 is 23.3 Å². The highest BCUT2D eigenvalue weighted by molar-refractivity contribution is 6.34. The van der Waals surface area contributed by atoms with Crippen molar-refractivity contribution in [2.24, 2.45) is 0 Å². The molecule has 2 N–H and O–H groups in total. The minimum atomic E-state index is -0.356. The fourth-order valence-corrected chi connectivity index (χ4v) is 1.89. The quantitative estimate of drug-likeness (QED) is 0.890. The predicted octanol–water partition coefficient (Wildman–Crippen LogP) is 2.23. The summed E-state index contributed by atoms with van der Waals surface area (Å²) in [5.74, 6) is 1.13. The molecule has 1 aromatic carbocycles. The third-order valence-corrected chi connectivity index (χ3v) is 2.82. The average Bonchev–Trinajstić information content (AvgIpc) is 2.76. The van der Waals surface area contributed by atoms with Gasteiger partial charge in [-0.2, -0.15) is 0 Å². The van der Waals surface area contributed by atoms with E-state index < -0.39 is 0 Å². The zero-order valence-electron chi connectivity index (χ0n) is 10.7. The lowest BCUT2D eigenvalue weighted by Crippen LogP contribution is -2.38. The van der Waals surface area contributed by atoms with Crippen LogP contribution in [-0.4, -0.2) is 32.6 Å². The number of ether oxygens (including phenoxy) is 3. The van der Waals surface area contributed by atoms with Gasteiger partial charge in [0.15, 0.2) is 11.5 Å². The number of anilines is 1. The van der Waals surface area contributed by atoms with Crippen LogP contribution in [0.1, 0.15) is 6.92 Å². The summed E-state index contributed by atoms with van der Waals surface area (Å²) in [6.45, 7) is 2.43. The largest absolute Gasteiger partial charge is 0.454 e. The van der Waals surface area contributed by atoms with E-state index in [0.717, 1.165) is 0 Å². The van der Waals surface area contributed by atoms with Gasteiger partial charge in [-0.25, -0.2) is 4.79 Å². The first-order valence-electron chi connectivity index (χ1n) is 5.75. The molecule has 0 radical (unpaired) electrons. The Morgan fingerprint density at radius 3 is 2.84 bits per heavy atom. The number of halogens is 1. The molecule has 2 amide bonds. The zero-order valence-corrected chi connectivity index (χ0v) is 11.4. The second kappa shape index (κ2) is 5.99. The molecule has 1 aromatic rings. The molecule has 104 valence electrons. The first-order chi connectivity index (χ1) is 9.10. The molecule has 0 fully saturated rings. The molecule has 1 aliphatic rings. The Morgan fingerprint density at radius 1 is 1.47 bits per heavy atom. The Hall–Kier alpha value is -1.66. The molecule has 0 bridgehead atoms. The van der Waals surface area contributed by atoms with Crippen LogP contribution in [0.3, 0.4) is 0 Å². The highest BCUT2D eigenvalue weighted by atomic mass is 35.5. The maximum Gasteiger partial charge on any atom is 0.319 e. The number of carbonyl (C=O) groups is 1. The Labute approximate surface area is 116 Å². The van der Waals surface area contributed by atoms with Crippen molar-refractivity contribution in [3.05, 3.63) is 17.2 Å². The Kier molecular flexibility index (Phi) is 4.34. The van der Waals surface area contributed by atoms with E-state index in [0.29, 0.717) is 28.8 Å². The van der Waals surface area contributed by atoms with E-state index in [9.17, 15) is 4.79 Å². The van der Waals surface area contributed by atoms with Crippen LogP contribution in [-0.2, 0) is 4.74 Å². The van der Waals surface area contributed by atoms with Crippen molar-refractivity contribution in [3.8, 4) is 11.5 Å². The summed E-state index contributed by atoms with van der Waals surface area (Å²) in [5.41, 5.74) is 0.466. The lowest BCUT2D eigenvalue weighted by atomic mass is 10.2. The fraction of sp³-hybridized carbons (Fsp3) is 0.417. The number of amides is 2. The number of fused-ring (bicyclic) bond motifs is 1. The molecular formula is C12H15ClN2O4. The van der Waals surface area contributed by atoms with E-state index in [-0.39, 0.29) is 18.9 Å². The van der Waals surface area contributed by atoms with Crippen LogP contribution < -0.4 is 20.1 Å². The monoisotopic (exact) mass is 286 g/mol. The number of hydrogen-bond donors (Lipinski definition) is 2. The number of nitrogens with one attached hydrogen (secondary N) is 2. The van der Waals surface area contributed by atoms with Crippen molar-refractivity contribution in [1.29, 1.82) is 0 Å². The third kappa shape index (κ3) is 3.42. The van der Waals surface area contributed by atoms with Gasteiger partial charge in [0, 0.05) is 19.2 Å². The number of hydrogen-bond acceptors (Lipinski definition) is 4. The smallest absolute Gasteiger partial charge is 0.319 e. The molecule has 6 nitrogen and oxygen atoms in total. The van der Waals surface area contributed by atoms with Crippen LogP contribution in [0.2, 0.25) is 5.02 Å². The second-order valence-electron chi connectivity index (χ2n) is 4.14. The van der Waals surface area contributed by atoms with Crippen molar-refractivity contribution in [2.45, 2.75) is 13.0 Å². The van der Waals surface area contributed by atoms with E-state index >= 15 is 0 Å². The second-order valence-corrected chi connectivity index (χ2v) is 4.55. The number of urea groups is 1. The molecule has 7 heteroatoms. The van der Waals surface area contributed by atoms with Crippen LogP contribution >= 0.6 is 11.6 Å². The van der Waals surface area contributed by atoms with E-state index in [2.05, 4.69) is 10.6 Å². The first-order valence-corrected chi connectivity index (χ1v) is 6.13. The van der Waals surface area contributed by atoms with Gasteiger partial charge in [-0.15, -0.1) is 0 Å². The highest BCUT2D eigenvalue weighted by Crippen LogP contribution is 2.39. The first kappa shape index (κ1) is 13.8. The molecular weight excluding hydrogens is 272 g/mol. The van der Waals surface area contributed by atoms with Crippen LogP contribution in [0.5, 0.6) is 11.5 Å². The number of benzene rings is 1. The van der Waals surface area contributed by atoms with Gasteiger partial charge in [0.1, 0.15) is 0 Å². The lowest BCUT2D eigenvalue weighted by molar-refractivity contribution is 0.173. The van der Waals surface area contributed by atoms with Gasteiger partial charge in [-0.3, -0.25) is 0 Å². The molecule has 0 saturated heterocycles. The van der Waals surface area contributed by atoms with Gasteiger partial charge in [-0.05, 0) is 6.92 Å². The topological polar surface area (TPSA) is 68.8 Å². The average molecular weight is 287 g/mol. The van der Waals surface area contributed by atoms with Gasteiger partial charge in [0.05, 0.1) is 23.4 Å². The van der Waals surface area contributed by atoms with Crippen LogP contribution in [0.4, 0.5) is 10.5 Å². The van der Waals surface area contributed by atoms with Gasteiger partial charge in [-0.1, -0.05) is 11.6 Å². The Bertz CT molecular complexity index is 481. The molecule has 0 spiro atoms. The summed E-state index contributed by atoms with van der Waals surface area (Å²) < 4.78 is 15.3. The van der Waals surface area contributed by atoms with Crippen molar-refractivity contribution in [2.75, 3.05) is 25.8 Å². The lowest BCUT2D eigenvalue weighted by Gasteiger charge is -2.14. The van der Waals surface area contributed by atoms with Crippen LogP contribution in [0, 0.1) is 0 Å². The molecule has 19 heavy (non-hydrogen) atoms. The molecule has 0 aromatic heterocycles. The van der Waals surface area contributed by atoms with Gasteiger partial charge >= 0.3 is 6.03 Å². The minimum Gasteiger partial charge on any atom is -0.454 e. The third-order valence-electron chi connectivity index (χ3n) is 2.50. The zero-order chi connectivity index (χ0) is 13.8. The van der Waals surface area contributed by atoms with Crippen LogP contribution in [0.25, 0.3) is 0 Å². The molecule has 0 saturated carbocycles. The molecule has 2 rings (SSSR count). The number of carbonyl (C=O) groups excluding carboxylic acids is 1. The van der Waals surface area contributed by atoms with Crippen molar-refractivity contribution < 1.29 is 19.0 Å². The maximum atomic E-state index is 11.7. The summed E-state index contributed by atoms with van der Waals surface area (Å²) in [6, 6.07) is 2.78. The summed E-state index contributed by atoms with van der Waals surface area (Å²) in [5, 5.41) is 5.76. The van der Waals surface area contributed by atoms with Gasteiger partial charge < -0.3 is 24.8 Å². The summed E-state index contributed by atoms with van der Waals surface area (Å²) in [7, 11) is 1.57. The molecule has 1 atom stereocenters. The normalized spacial score (nSPS) is 14.1. The molecule has 0 aliphatic carbocycles. The predicted molar refractivity (Wildman–Crippen MR) is 71.1 cm³/mol. The fourth-order valence-electron chi connectivity index (χ4n) is 1.69. The maximum absolute atomic E-state index is 11.7. The van der Waals surface area contributed by atoms with E-state index in [4.69, 9.17) is 25.8 Å². The summed E-state index contributed by atoms with van der Waals surface area (Å²) >= 11 is 6.05. The highest BCUT2D eigenvalue weighted by Gasteiger charge is 2.18. The molecule has 1 heterocycles. The van der Waals surface area contributed by atoms with E-state index in [1.807, 2.05) is 6.92 Å².